The van der Waals surface area contributed by atoms with E-state index in [1.807, 2.05) is 50.4 Å². The van der Waals surface area contributed by atoms with Crippen molar-refractivity contribution < 1.29 is 4.79 Å². The van der Waals surface area contributed by atoms with Crippen LogP contribution in [0.4, 0.5) is 0 Å². The van der Waals surface area contributed by atoms with Gasteiger partial charge in [0.1, 0.15) is 0 Å². The average Bonchev–Trinajstić information content (AvgIpc) is 2.92. The summed E-state index contributed by atoms with van der Waals surface area (Å²) in [5.41, 5.74) is 2.34. The maximum Gasteiger partial charge on any atom is 0.222 e. The summed E-state index contributed by atoms with van der Waals surface area (Å²) in [6.45, 7) is 4.61. The lowest BCUT2D eigenvalue weighted by Crippen LogP contribution is -2.25. The molecule has 1 heterocycles. The van der Waals surface area contributed by atoms with Crippen molar-refractivity contribution in [3.63, 3.8) is 0 Å². The summed E-state index contributed by atoms with van der Waals surface area (Å²) < 4.78 is 1.80. The van der Waals surface area contributed by atoms with Gasteiger partial charge in [-0.05, 0) is 25.5 Å². The minimum atomic E-state index is 0.0450. The van der Waals surface area contributed by atoms with Crippen LogP contribution in [0, 0.1) is 6.92 Å². The third-order valence-corrected chi connectivity index (χ3v) is 3.07. The molecular formula is C15H19N3O. The highest BCUT2D eigenvalue weighted by Gasteiger charge is 2.10. The molecule has 0 aliphatic heterocycles. The fourth-order valence-corrected chi connectivity index (χ4v) is 1.88. The molecule has 1 amide bonds. The van der Waals surface area contributed by atoms with E-state index in [0.29, 0.717) is 13.0 Å². The summed E-state index contributed by atoms with van der Waals surface area (Å²) >= 11 is 0. The summed E-state index contributed by atoms with van der Waals surface area (Å²) in [6.07, 6.45) is 4.03. The Morgan fingerprint density at radius 2 is 2.11 bits per heavy atom. The highest BCUT2D eigenvalue weighted by Crippen LogP contribution is 2.08. The first-order chi connectivity index (χ1) is 9.15. The van der Waals surface area contributed by atoms with Crippen LogP contribution < -0.4 is 5.32 Å². The molecule has 0 fully saturated rings. The summed E-state index contributed by atoms with van der Waals surface area (Å²) in [4.78, 5) is 11.8. The molecule has 100 valence electrons. The minimum Gasteiger partial charge on any atom is -0.352 e. The van der Waals surface area contributed by atoms with Crippen molar-refractivity contribution >= 4 is 5.91 Å². The molecule has 1 aromatic carbocycles. The molecule has 4 heteroatoms. The Kier molecular flexibility index (Phi) is 4.34. The summed E-state index contributed by atoms with van der Waals surface area (Å²) in [5, 5.41) is 7.07. The quantitative estimate of drug-likeness (QED) is 0.894. The van der Waals surface area contributed by atoms with E-state index in [4.69, 9.17) is 0 Å². The van der Waals surface area contributed by atoms with E-state index in [9.17, 15) is 4.79 Å². The molecule has 0 unspecified atom stereocenters. The molecule has 0 aliphatic carbocycles. The molecule has 0 bridgehead atoms. The predicted octanol–water partition coefficient (Wildman–Crippen LogP) is 2.46. The number of rotatable bonds is 5. The Hall–Kier alpha value is -2.10. The van der Waals surface area contributed by atoms with Crippen molar-refractivity contribution in [3.05, 3.63) is 53.9 Å². The number of carbonyl (C=O) groups excluding carboxylic acids is 1. The molecule has 0 saturated carbocycles. The normalized spacial score (nSPS) is 12.1. The van der Waals surface area contributed by atoms with Crippen LogP contribution >= 0.6 is 0 Å². The van der Waals surface area contributed by atoms with E-state index in [2.05, 4.69) is 10.4 Å². The number of nitrogens with one attached hydrogen (secondary N) is 1. The van der Waals surface area contributed by atoms with Gasteiger partial charge in [-0.1, -0.05) is 29.8 Å². The van der Waals surface area contributed by atoms with E-state index in [1.165, 1.54) is 5.56 Å². The molecule has 4 nitrogen and oxygen atoms in total. The second-order valence-corrected chi connectivity index (χ2v) is 4.80. The molecule has 0 radical (unpaired) electrons. The van der Waals surface area contributed by atoms with E-state index >= 15 is 0 Å². The molecule has 0 spiro atoms. The van der Waals surface area contributed by atoms with Gasteiger partial charge in [0.2, 0.25) is 5.91 Å². The van der Waals surface area contributed by atoms with Gasteiger partial charge in [0.05, 0.1) is 6.04 Å². The first kappa shape index (κ1) is 13.3. The van der Waals surface area contributed by atoms with Gasteiger partial charge in [0, 0.05) is 25.4 Å². The van der Waals surface area contributed by atoms with Gasteiger partial charge < -0.3 is 5.32 Å². The number of aromatic nitrogens is 2. The van der Waals surface area contributed by atoms with Gasteiger partial charge in [-0.3, -0.25) is 9.48 Å². The zero-order chi connectivity index (χ0) is 13.7. The zero-order valence-corrected chi connectivity index (χ0v) is 11.3. The Morgan fingerprint density at radius 3 is 2.74 bits per heavy atom. The fraction of sp³-hybridized carbons (Fsp3) is 0.333. The number of benzene rings is 1. The molecule has 2 aromatic rings. The maximum atomic E-state index is 11.8. The van der Waals surface area contributed by atoms with Crippen molar-refractivity contribution in [2.24, 2.45) is 0 Å². The lowest BCUT2D eigenvalue weighted by Gasteiger charge is -2.12. The average molecular weight is 257 g/mol. The number of nitrogens with zero attached hydrogens (tertiary/aromatic N) is 2. The fourth-order valence-electron chi connectivity index (χ4n) is 1.88. The van der Waals surface area contributed by atoms with Gasteiger partial charge in [-0.25, -0.2) is 0 Å². The summed E-state index contributed by atoms with van der Waals surface area (Å²) in [6, 6.07) is 10.1. The van der Waals surface area contributed by atoms with Crippen molar-refractivity contribution in [1.82, 2.24) is 15.1 Å². The molecular weight excluding hydrogens is 238 g/mol. The van der Waals surface area contributed by atoms with Gasteiger partial charge in [0.15, 0.2) is 0 Å². The van der Waals surface area contributed by atoms with Crippen molar-refractivity contribution in [1.29, 1.82) is 0 Å². The van der Waals surface area contributed by atoms with Gasteiger partial charge >= 0.3 is 0 Å². The van der Waals surface area contributed by atoms with Crippen LogP contribution in [0.2, 0.25) is 0 Å². The monoisotopic (exact) mass is 257 g/mol. The predicted molar refractivity (Wildman–Crippen MR) is 74.6 cm³/mol. The Bertz CT molecular complexity index is 517. The zero-order valence-electron chi connectivity index (χ0n) is 11.3. The van der Waals surface area contributed by atoms with Crippen LogP contribution in [0.1, 0.15) is 30.5 Å². The largest absolute Gasteiger partial charge is 0.352 e. The number of aryl methyl sites for hydroxylation is 1. The molecule has 1 aromatic heterocycles. The minimum absolute atomic E-state index is 0.0450. The summed E-state index contributed by atoms with van der Waals surface area (Å²) in [5.74, 6) is 0.0450. The van der Waals surface area contributed by atoms with E-state index < -0.39 is 0 Å². The van der Waals surface area contributed by atoms with Gasteiger partial charge in [-0.2, -0.15) is 5.10 Å². The SMILES string of the molecule is Cc1ccc(CNC(=O)C[C@H](C)n2cccn2)cc1. The topological polar surface area (TPSA) is 46.9 Å². The Morgan fingerprint density at radius 1 is 1.37 bits per heavy atom. The van der Waals surface area contributed by atoms with Crippen LogP contribution in [0.25, 0.3) is 0 Å². The van der Waals surface area contributed by atoms with Gasteiger partial charge in [-0.15, -0.1) is 0 Å². The second-order valence-electron chi connectivity index (χ2n) is 4.80. The second kappa shape index (κ2) is 6.18. The van der Waals surface area contributed by atoms with Crippen molar-refractivity contribution in [2.75, 3.05) is 0 Å². The lowest BCUT2D eigenvalue weighted by molar-refractivity contribution is -0.122. The van der Waals surface area contributed by atoms with Crippen LogP contribution in [0.5, 0.6) is 0 Å². The van der Waals surface area contributed by atoms with E-state index in [-0.39, 0.29) is 11.9 Å². The molecule has 1 N–H and O–H groups in total. The Balaban J connectivity index is 1.80. The summed E-state index contributed by atoms with van der Waals surface area (Å²) in [7, 11) is 0. The number of amides is 1. The van der Waals surface area contributed by atoms with Crippen LogP contribution in [-0.4, -0.2) is 15.7 Å². The lowest BCUT2D eigenvalue weighted by atomic mass is 10.1. The van der Waals surface area contributed by atoms with Crippen LogP contribution in [0.3, 0.4) is 0 Å². The highest BCUT2D eigenvalue weighted by atomic mass is 16.1. The van der Waals surface area contributed by atoms with Crippen molar-refractivity contribution in [2.45, 2.75) is 32.9 Å². The standard InChI is InChI=1S/C15H19N3O/c1-12-4-6-14(7-5-12)11-16-15(19)10-13(2)18-9-3-8-17-18/h3-9,13H,10-11H2,1-2H3,(H,16,19)/t13-/m0/s1. The maximum absolute atomic E-state index is 11.8. The first-order valence-corrected chi connectivity index (χ1v) is 6.46. The molecule has 0 saturated heterocycles. The smallest absolute Gasteiger partial charge is 0.222 e. The number of hydrogen-bond donors (Lipinski definition) is 1. The third-order valence-electron chi connectivity index (χ3n) is 3.07. The molecule has 19 heavy (non-hydrogen) atoms. The third kappa shape index (κ3) is 3.95. The molecule has 2 rings (SSSR count). The first-order valence-electron chi connectivity index (χ1n) is 6.46. The van der Waals surface area contributed by atoms with Crippen LogP contribution in [0.15, 0.2) is 42.7 Å². The van der Waals surface area contributed by atoms with Crippen molar-refractivity contribution in [3.8, 4) is 0 Å². The highest BCUT2D eigenvalue weighted by molar-refractivity contribution is 5.76. The van der Waals surface area contributed by atoms with E-state index in [0.717, 1.165) is 5.56 Å². The molecule has 1 atom stereocenters. The Labute approximate surface area is 113 Å². The van der Waals surface area contributed by atoms with E-state index in [1.54, 1.807) is 10.9 Å². The van der Waals surface area contributed by atoms with Crippen LogP contribution in [-0.2, 0) is 11.3 Å². The molecule has 0 aliphatic rings. The number of carbonyl (C=O) groups is 1. The van der Waals surface area contributed by atoms with Gasteiger partial charge in [0.25, 0.3) is 0 Å². The number of hydrogen-bond acceptors (Lipinski definition) is 2.